The minimum Gasteiger partial charge on any atom is -0.321 e. The number of nitrogens with zero attached hydrogens (tertiary/aromatic N) is 3. The minimum absolute atomic E-state index is 0.168. The van der Waals surface area contributed by atoms with Gasteiger partial charge in [-0.25, -0.2) is 9.50 Å². The van der Waals surface area contributed by atoms with Crippen molar-refractivity contribution in [1.82, 2.24) is 14.6 Å². The van der Waals surface area contributed by atoms with Gasteiger partial charge in [-0.05, 0) is 55.9 Å². The number of benzene rings is 2. The Morgan fingerprint density at radius 3 is 2.41 bits per heavy atom. The van der Waals surface area contributed by atoms with Crippen LogP contribution in [0.25, 0.3) is 28.2 Å². The lowest BCUT2D eigenvalue weighted by Gasteiger charge is -2.38. The van der Waals surface area contributed by atoms with Crippen molar-refractivity contribution >= 4 is 17.2 Å². The van der Waals surface area contributed by atoms with Crippen LogP contribution in [0.4, 0.5) is 0 Å². The van der Waals surface area contributed by atoms with Crippen molar-refractivity contribution in [2.45, 2.75) is 38.6 Å². The molecule has 5 heteroatoms. The van der Waals surface area contributed by atoms with E-state index in [1.807, 2.05) is 35.0 Å². The number of hydrogen-bond acceptors (Lipinski definition) is 3. The highest BCUT2D eigenvalue weighted by Gasteiger charge is 2.34. The predicted octanol–water partition coefficient (Wildman–Crippen LogP) is 5.67. The van der Waals surface area contributed by atoms with E-state index in [4.69, 9.17) is 22.3 Å². The molecule has 2 heterocycles. The summed E-state index contributed by atoms with van der Waals surface area (Å²) in [4.78, 5) is 5.00. The molecule has 5 rings (SSSR count). The van der Waals surface area contributed by atoms with Crippen molar-refractivity contribution in [3.8, 4) is 22.5 Å². The average molecular weight is 403 g/mol. The Hall–Kier alpha value is -2.69. The SMILES string of the molecule is Cc1cnn2c(-c3ccccc3Cl)c(-c3ccc(C4(N)CCC4)cc3)nc2c1C. The van der Waals surface area contributed by atoms with Crippen LogP contribution in [0.5, 0.6) is 0 Å². The summed E-state index contributed by atoms with van der Waals surface area (Å²) in [6, 6.07) is 16.4. The van der Waals surface area contributed by atoms with Gasteiger partial charge in [-0.2, -0.15) is 5.10 Å². The van der Waals surface area contributed by atoms with Crippen molar-refractivity contribution in [3.05, 3.63) is 76.4 Å². The Labute approximate surface area is 175 Å². The summed E-state index contributed by atoms with van der Waals surface area (Å²) in [7, 11) is 0. The molecular formula is C24H23ClN4. The molecule has 2 aromatic carbocycles. The molecule has 0 aliphatic heterocycles. The minimum atomic E-state index is -0.168. The number of rotatable bonds is 3. The second kappa shape index (κ2) is 6.68. The lowest BCUT2D eigenvalue weighted by atomic mass is 9.72. The summed E-state index contributed by atoms with van der Waals surface area (Å²) in [6.45, 7) is 4.14. The van der Waals surface area contributed by atoms with E-state index in [0.717, 1.165) is 52.1 Å². The van der Waals surface area contributed by atoms with Gasteiger partial charge in [0.15, 0.2) is 5.65 Å². The standard InChI is InChI=1S/C24H23ClN4/c1-15-14-27-29-22(19-6-3-4-7-20(19)25)21(28-23(29)16(15)2)17-8-10-18(11-9-17)24(26)12-5-13-24/h3-4,6-11,14H,5,12-13,26H2,1-2H3. The molecule has 146 valence electrons. The first-order valence-electron chi connectivity index (χ1n) is 9.97. The molecule has 0 radical (unpaired) electrons. The molecule has 0 bridgehead atoms. The van der Waals surface area contributed by atoms with Gasteiger partial charge in [0.05, 0.1) is 16.9 Å². The van der Waals surface area contributed by atoms with Crippen LogP contribution in [-0.4, -0.2) is 14.6 Å². The maximum absolute atomic E-state index is 6.57. The molecule has 4 nitrogen and oxygen atoms in total. The largest absolute Gasteiger partial charge is 0.321 e. The molecule has 2 N–H and O–H groups in total. The molecule has 0 spiro atoms. The van der Waals surface area contributed by atoms with E-state index in [-0.39, 0.29) is 5.54 Å². The Bertz CT molecular complexity index is 1220. The van der Waals surface area contributed by atoms with Crippen LogP contribution in [0.3, 0.4) is 0 Å². The van der Waals surface area contributed by atoms with E-state index in [0.29, 0.717) is 5.02 Å². The predicted molar refractivity (Wildman–Crippen MR) is 118 cm³/mol. The van der Waals surface area contributed by atoms with E-state index in [2.05, 4.69) is 43.2 Å². The Morgan fingerprint density at radius 1 is 1.03 bits per heavy atom. The van der Waals surface area contributed by atoms with Crippen molar-refractivity contribution < 1.29 is 0 Å². The van der Waals surface area contributed by atoms with E-state index in [1.54, 1.807) is 0 Å². The van der Waals surface area contributed by atoms with Crippen molar-refractivity contribution in [1.29, 1.82) is 0 Å². The number of aryl methyl sites for hydroxylation is 2. The topological polar surface area (TPSA) is 56.2 Å². The fourth-order valence-corrected chi connectivity index (χ4v) is 4.31. The van der Waals surface area contributed by atoms with Crippen LogP contribution < -0.4 is 5.73 Å². The molecule has 29 heavy (non-hydrogen) atoms. The molecule has 4 aromatic rings. The number of hydrogen-bond donors (Lipinski definition) is 1. The van der Waals surface area contributed by atoms with Crippen LogP contribution in [0.1, 0.15) is 36.0 Å². The van der Waals surface area contributed by atoms with Crippen LogP contribution >= 0.6 is 11.6 Å². The summed E-state index contributed by atoms with van der Waals surface area (Å²) in [5.41, 5.74) is 14.4. The maximum Gasteiger partial charge on any atom is 0.158 e. The fourth-order valence-electron chi connectivity index (χ4n) is 4.09. The van der Waals surface area contributed by atoms with Crippen LogP contribution in [0, 0.1) is 13.8 Å². The van der Waals surface area contributed by atoms with Crippen molar-refractivity contribution in [2.75, 3.05) is 0 Å². The number of imidazole rings is 1. The van der Waals surface area contributed by atoms with Gasteiger partial charge in [0.25, 0.3) is 0 Å². The van der Waals surface area contributed by atoms with Gasteiger partial charge in [0.2, 0.25) is 0 Å². The summed E-state index contributed by atoms with van der Waals surface area (Å²) >= 11 is 6.57. The molecule has 2 aromatic heterocycles. The molecule has 1 aliphatic rings. The smallest absolute Gasteiger partial charge is 0.158 e. The third-order valence-corrected chi connectivity index (χ3v) is 6.59. The zero-order chi connectivity index (χ0) is 20.2. The maximum atomic E-state index is 6.57. The van der Waals surface area contributed by atoms with Gasteiger partial charge in [-0.3, -0.25) is 0 Å². The van der Waals surface area contributed by atoms with Gasteiger partial charge in [0.1, 0.15) is 5.69 Å². The molecule has 1 fully saturated rings. The third-order valence-electron chi connectivity index (χ3n) is 6.26. The van der Waals surface area contributed by atoms with Crippen LogP contribution in [0.2, 0.25) is 5.02 Å². The third kappa shape index (κ3) is 2.86. The van der Waals surface area contributed by atoms with Gasteiger partial charge >= 0.3 is 0 Å². The van der Waals surface area contributed by atoms with Gasteiger partial charge in [-0.15, -0.1) is 0 Å². The van der Waals surface area contributed by atoms with Crippen LogP contribution in [-0.2, 0) is 5.54 Å². The molecular weight excluding hydrogens is 380 g/mol. The summed E-state index contributed by atoms with van der Waals surface area (Å²) in [6.07, 6.45) is 5.18. The van der Waals surface area contributed by atoms with E-state index in [9.17, 15) is 0 Å². The lowest BCUT2D eigenvalue weighted by molar-refractivity contribution is 0.253. The molecule has 1 saturated carbocycles. The highest BCUT2D eigenvalue weighted by atomic mass is 35.5. The number of aromatic nitrogens is 3. The van der Waals surface area contributed by atoms with E-state index < -0.39 is 0 Å². The van der Waals surface area contributed by atoms with Gasteiger partial charge in [-0.1, -0.05) is 54.1 Å². The molecule has 0 atom stereocenters. The van der Waals surface area contributed by atoms with E-state index >= 15 is 0 Å². The van der Waals surface area contributed by atoms with Crippen molar-refractivity contribution in [3.63, 3.8) is 0 Å². The highest BCUT2D eigenvalue weighted by Crippen LogP contribution is 2.41. The second-order valence-corrected chi connectivity index (χ2v) is 8.47. The molecule has 0 amide bonds. The number of nitrogens with two attached hydrogens (primary N) is 1. The summed E-state index contributed by atoms with van der Waals surface area (Å²) in [5, 5.41) is 5.34. The first-order valence-corrected chi connectivity index (χ1v) is 10.4. The average Bonchev–Trinajstić information content (AvgIpc) is 3.09. The highest BCUT2D eigenvalue weighted by molar-refractivity contribution is 6.33. The number of halogens is 1. The number of fused-ring (bicyclic) bond motifs is 1. The molecule has 0 saturated heterocycles. The summed E-state index contributed by atoms with van der Waals surface area (Å²) < 4.78 is 1.91. The Balaban J connectivity index is 1.74. The first-order chi connectivity index (χ1) is 14.0. The van der Waals surface area contributed by atoms with E-state index in [1.165, 1.54) is 12.0 Å². The second-order valence-electron chi connectivity index (χ2n) is 8.06. The lowest BCUT2D eigenvalue weighted by Crippen LogP contribution is -2.43. The molecule has 0 unspecified atom stereocenters. The fraction of sp³-hybridized carbons (Fsp3) is 0.250. The first kappa shape index (κ1) is 18.3. The molecule has 1 aliphatic carbocycles. The normalized spacial score (nSPS) is 15.4. The van der Waals surface area contributed by atoms with Crippen LogP contribution in [0.15, 0.2) is 54.7 Å². The monoisotopic (exact) mass is 402 g/mol. The Kier molecular flexibility index (Phi) is 4.23. The van der Waals surface area contributed by atoms with Crippen molar-refractivity contribution in [2.24, 2.45) is 5.73 Å². The van der Waals surface area contributed by atoms with Gasteiger partial charge < -0.3 is 5.73 Å². The quantitative estimate of drug-likeness (QED) is 0.480. The zero-order valence-electron chi connectivity index (χ0n) is 16.6. The Morgan fingerprint density at radius 2 is 1.76 bits per heavy atom. The van der Waals surface area contributed by atoms with Gasteiger partial charge in [0, 0.05) is 16.7 Å². The summed E-state index contributed by atoms with van der Waals surface area (Å²) in [5.74, 6) is 0. The zero-order valence-corrected chi connectivity index (χ0v) is 17.4.